The summed E-state index contributed by atoms with van der Waals surface area (Å²) in [4.78, 5) is 0. The van der Waals surface area contributed by atoms with Crippen LogP contribution in [0.15, 0.2) is 24.3 Å². The third kappa shape index (κ3) is 3.81. The van der Waals surface area contributed by atoms with E-state index in [2.05, 4.69) is 38.1 Å². The maximum atomic E-state index is 6.22. The van der Waals surface area contributed by atoms with Crippen LogP contribution in [-0.4, -0.2) is 23.3 Å². The van der Waals surface area contributed by atoms with Crippen LogP contribution in [0.1, 0.15) is 24.5 Å². The standard InChI is InChI=1S/C14H20Cl2S/c1-3-17-9-8-14(10-15,11-16)13-7-5-4-6-12(13)2/h4-7H,3,8-11H2,1-2H3. The number of thioether (sulfide) groups is 1. The maximum Gasteiger partial charge on any atom is 0.0332 e. The molecule has 0 atom stereocenters. The Morgan fingerprint density at radius 3 is 2.35 bits per heavy atom. The summed E-state index contributed by atoms with van der Waals surface area (Å²) >= 11 is 14.4. The molecule has 0 aliphatic carbocycles. The highest BCUT2D eigenvalue weighted by Gasteiger charge is 2.31. The van der Waals surface area contributed by atoms with Crippen molar-refractivity contribution in [1.82, 2.24) is 0 Å². The van der Waals surface area contributed by atoms with Gasteiger partial charge in [0.15, 0.2) is 0 Å². The van der Waals surface area contributed by atoms with E-state index in [-0.39, 0.29) is 5.41 Å². The number of hydrogen-bond donors (Lipinski definition) is 0. The Bertz CT molecular complexity index is 335. The van der Waals surface area contributed by atoms with Crippen molar-refractivity contribution in [2.45, 2.75) is 25.7 Å². The molecule has 17 heavy (non-hydrogen) atoms. The topological polar surface area (TPSA) is 0 Å². The number of halogens is 2. The second-order valence-electron chi connectivity index (χ2n) is 4.31. The Hall–Kier alpha value is 0.150. The Labute approximate surface area is 119 Å². The minimum Gasteiger partial charge on any atom is -0.162 e. The van der Waals surface area contributed by atoms with Gasteiger partial charge in [-0.2, -0.15) is 11.8 Å². The molecule has 0 aliphatic heterocycles. The summed E-state index contributed by atoms with van der Waals surface area (Å²) in [6.45, 7) is 4.32. The zero-order valence-corrected chi connectivity index (χ0v) is 12.8. The van der Waals surface area contributed by atoms with Crippen molar-refractivity contribution in [1.29, 1.82) is 0 Å². The average Bonchev–Trinajstić information content (AvgIpc) is 2.36. The van der Waals surface area contributed by atoms with Crippen LogP contribution < -0.4 is 0 Å². The van der Waals surface area contributed by atoms with Gasteiger partial charge in [0.25, 0.3) is 0 Å². The predicted octanol–water partition coefficient (Wildman–Crippen LogP) is 4.85. The lowest BCUT2D eigenvalue weighted by atomic mass is 9.79. The average molecular weight is 291 g/mol. The van der Waals surface area contributed by atoms with E-state index in [1.165, 1.54) is 11.1 Å². The van der Waals surface area contributed by atoms with Crippen molar-refractivity contribution in [3.8, 4) is 0 Å². The summed E-state index contributed by atoms with van der Waals surface area (Å²) in [7, 11) is 0. The van der Waals surface area contributed by atoms with Crippen molar-refractivity contribution >= 4 is 35.0 Å². The van der Waals surface area contributed by atoms with Gasteiger partial charge in [0.05, 0.1) is 0 Å². The van der Waals surface area contributed by atoms with E-state index >= 15 is 0 Å². The quantitative estimate of drug-likeness (QED) is 0.511. The molecule has 0 spiro atoms. The summed E-state index contributed by atoms with van der Waals surface area (Å²) in [5.74, 6) is 3.44. The molecule has 96 valence electrons. The second kappa shape index (κ2) is 7.56. The fourth-order valence-electron chi connectivity index (χ4n) is 2.03. The number of rotatable bonds is 7. The van der Waals surface area contributed by atoms with Crippen LogP contribution in [0, 0.1) is 6.92 Å². The molecule has 0 aromatic heterocycles. The highest BCUT2D eigenvalue weighted by molar-refractivity contribution is 7.99. The molecule has 0 saturated heterocycles. The molecule has 0 nitrogen and oxygen atoms in total. The molecule has 3 heteroatoms. The Balaban J connectivity index is 2.94. The smallest absolute Gasteiger partial charge is 0.0332 e. The lowest BCUT2D eigenvalue weighted by molar-refractivity contribution is 0.521. The third-order valence-electron chi connectivity index (χ3n) is 3.16. The summed E-state index contributed by atoms with van der Waals surface area (Å²) in [6, 6.07) is 8.43. The molecule has 1 aromatic rings. The fraction of sp³-hybridized carbons (Fsp3) is 0.571. The van der Waals surface area contributed by atoms with E-state index in [1.807, 2.05) is 11.8 Å². The molecule has 0 aliphatic rings. The Kier molecular flexibility index (Phi) is 6.76. The van der Waals surface area contributed by atoms with Crippen molar-refractivity contribution < 1.29 is 0 Å². The zero-order chi connectivity index (χ0) is 12.7. The van der Waals surface area contributed by atoms with Crippen LogP contribution in [0.2, 0.25) is 0 Å². The van der Waals surface area contributed by atoms with Gasteiger partial charge in [0, 0.05) is 17.2 Å². The first-order chi connectivity index (χ1) is 8.20. The fourth-order valence-corrected chi connectivity index (χ4v) is 3.69. The van der Waals surface area contributed by atoms with E-state index in [0.29, 0.717) is 11.8 Å². The largest absolute Gasteiger partial charge is 0.162 e. The van der Waals surface area contributed by atoms with Gasteiger partial charge in [-0.25, -0.2) is 0 Å². The molecule has 0 N–H and O–H groups in total. The van der Waals surface area contributed by atoms with Gasteiger partial charge < -0.3 is 0 Å². The summed E-state index contributed by atoms with van der Waals surface area (Å²) in [5.41, 5.74) is 2.52. The molecular weight excluding hydrogens is 271 g/mol. The first-order valence-electron chi connectivity index (χ1n) is 5.96. The first kappa shape index (κ1) is 15.2. The van der Waals surface area contributed by atoms with Crippen LogP contribution in [0.25, 0.3) is 0 Å². The Morgan fingerprint density at radius 2 is 1.82 bits per heavy atom. The van der Waals surface area contributed by atoms with Crippen LogP contribution in [-0.2, 0) is 5.41 Å². The van der Waals surface area contributed by atoms with Crippen LogP contribution >= 0.6 is 35.0 Å². The van der Waals surface area contributed by atoms with Crippen LogP contribution in [0.4, 0.5) is 0 Å². The maximum absolute atomic E-state index is 6.22. The van der Waals surface area contributed by atoms with Gasteiger partial charge >= 0.3 is 0 Å². The van der Waals surface area contributed by atoms with Crippen molar-refractivity contribution in [2.75, 3.05) is 23.3 Å². The van der Waals surface area contributed by atoms with Gasteiger partial charge in [-0.3, -0.25) is 0 Å². The molecule has 0 heterocycles. The molecule has 1 rings (SSSR count). The molecule has 0 fully saturated rings. The summed E-state index contributed by atoms with van der Waals surface area (Å²) in [6.07, 6.45) is 1.04. The number of hydrogen-bond acceptors (Lipinski definition) is 1. The monoisotopic (exact) mass is 290 g/mol. The molecular formula is C14H20Cl2S. The molecule has 0 unspecified atom stereocenters. The van der Waals surface area contributed by atoms with Gasteiger partial charge in [0.1, 0.15) is 0 Å². The van der Waals surface area contributed by atoms with Crippen LogP contribution in [0.3, 0.4) is 0 Å². The van der Waals surface area contributed by atoms with Crippen LogP contribution in [0.5, 0.6) is 0 Å². The number of benzene rings is 1. The van der Waals surface area contributed by atoms with Gasteiger partial charge in [-0.05, 0) is 36.0 Å². The normalized spacial score (nSPS) is 11.8. The van der Waals surface area contributed by atoms with E-state index in [1.54, 1.807) is 0 Å². The predicted molar refractivity (Wildman–Crippen MR) is 81.9 cm³/mol. The molecule has 0 amide bonds. The second-order valence-corrected chi connectivity index (χ2v) is 6.24. The highest BCUT2D eigenvalue weighted by atomic mass is 35.5. The summed E-state index contributed by atoms with van der Waals surface area (Å²) in [5, 5.41) is 0. The van der Waals surface area contributed by atoms with Gasteiger partial charge in [-0.1, -0.05) is 31.2 Å². The van der Waals surface area contributed by atoms with E-state index in [9.17, 15) is 0 Å². The van der Waals surface area contributed by atoms with Gasteiger partial charge in [-0.15, -0.1) is 23.2 Å². The Morgan fingerprint density at radius 1 is 1.18 bits per heavy atom. The lowest BCUT2D eigenvalue weighted by Gasteiger charge is -2.31. The molecule has 0 saturated carbocycles. The SMILES string of the molecule is CCSCCC(CCl)(CCl)c1ccccc1C. The molecule has 0 radical (unpaired) electrons. The van der Waals surface area contributed by atoms with Crippen molar-refractivity contribution in [3.63, 3.8) is 0 Å². The van der Waals surface area contributed by atoms with E-state index < -0.39 is 0 Å². The minimum atomic E-state index is -0.0728. The van der Waals surface area contributed by atoms with Crippen molar-refractivity contribution in [3.05, 3.63) is 35.4 Å². The minimum absolute atomic E-state index is 0.0728. The van der Waals surface area contributed by atoms with Crippen molar-refractivity contribution in [2.24, 2.45) is 0 Å². The zero-order valence-electron chi connectivity index (χ0n) is 10.5. The van der Waals surface area contributed by atoms with Gasteiger partial charge in [0.2, 0.25) is 0 Å². The molecule has 1 aromatic carbocycles. The van der Waals surface area contributed by atoms with E-state index in [0.717, 1.165) is 17.9 Å². The summed E-state index contributed by atoms with van der Waals surface area (Å²) < 4.78 is 0. The molecule has 0 bridgehead atoms. The number of aryl methyl sites for hydroxylation is 1. The van der Waals surface area contributed by atoms with E-state index in [4.69, 9.17) is 23.2 Å². The lowest BCUT2D eigenvalue weighted by Crippen LogP contribution is -2.32. The third-order valence-corrected chi connectivity index (χ3v) is 5.08. The highest BCUT2D eigenvalue weighted by Crippen LogP contribution is 2.34. The first-order valence-corrected chi connectivity index (χ1v) is 8.18. The number of alkyl halides is 2.